The van der Waals surface area contributed by atoms with Gasteiger partial charge in [0.15, 0.2) is 0 Å². The molecular formula is C40H52N2O9. The highest BCUT2D eigenvalue weighted by Gasteiger charge is 2.89. The van der Waals surface area contributed by atoms with E-state index in [1.54, 1.807) is 63.8 Å². The number of rotatable bonds is 11. The maximum absolute atomic E-state index is 14.5. The molecule has 0 radical (unpaired) electrons. The first kappa shape index (κ1) is 35.0. The number of para-hydroxylation sites is 2. The van der Waals surface area contributed by atoms with Crippen molar-refractivity contribution in [3.8, 4) is 5.75 Å². The van der Waals surface area contributed by atoms with Gasteiger partial charge in [0.1, 0.15) is 22.6 Å². The number of hydrogen-bond acceptors (Lipinski definition) is 10. The predicted octanol–water partition coefficient (Wildman–Crippen LogP) is 4.30. The minimum atomic E-state index is -1.51. The first-order chi connectivity index (χ1) is 24.6. The molecule has 6 aliphatic rings. The van der Waals surface area contributed by atoms with E-state index in [4.69, 9.17) is 23.7 Å². The third kappa shape index (κ3) is 4.51. The molecule has 51 heavy (non-hydrogen) atoms. The van der Waals surface area contributed by atoms with Crippen LogP contribution in [0.4, 0.5) is 5.69 Å². The van der Waals surface area contributed by atoms with Crippen molar-refractivity contribution in [2.75, 3.05) is 46.3 Å². The van der Waals surface area contributed by atoms with E-state index in [0.29, 0.717) is 68.8 Å². The van der Waals surface area contributed by atoms with Crippen molar-refractivity contribution >= 4 is 17.6 Å². The summed E-state index contributed by atoms with van der Waals surface area (Å²) in [6, 6.07) is 14.0. The zero-order chi connectivity index (χ0) is 35.9. The van der Waals surface area contributed by atoms with Crippen LogP contribution in [-0.4, -0.2) is 109 Å². The zero-order valence-corrected chi connectivity index (χ0v) is 30.3. The van der Waals surface area contributed by atoms with Crippen LogP contribution in [0, 0.1) is 29.1 Å². The van der Waals surface area contributed by atoms with Crippen LogP contribution in [0.5, 0.6) is 5.75 Å². The number of likely N-dealkylation sites (N-methyl/N-ethyl adjacent to an activating group) is 1. The smallest absolute Gasteiger partial charge is 0.340 e. The Kier molecular flexibility index (Phi) is 8.59. The highest BCUT2D eigenvalue weighted by Crippen LogP contribution is 2.79. The summed E-state index contributed by atoms with van der Waals surface area (Å²) < 4.78 is 31.2. The molecular weight excluding hydrogens is 652 g/mol. The molecule has 3 N–H and O–H groups in total. The van der Waals surface area contributed by atoms with Crippen molar-refractivity contribution in [1.29, 1.82) is 0 Å². The predicted molar refractivity (Wildman–Crippen MR) is 188 cm³/mol. The minimum Gasteiger partial charge on any atom is -0.493 e. The van der Waals surface area contributed by atoms with E-state index in [2.05, 4.69) is 17.1 Å². The minimum absolute atomic E-state index is 0.0757. The summed E-state index contributed by atoms with van der Waals surface area (Å²) in [7, 11) is 5.06. The maximum Gasteiger partial charge on any atom is 0.340 e. The van der Waals surface area contributed by atoms with Gasteiger partial charge in [0, 0.05) is 69.4 Å². The van der Waals surface area contributed by atoms with Gasteiger partial charge in [-0.3, -0.25) is 9.69 Å². The summed E-state index contributed by atoms with van der Waals surface area (Å²) in [6.45, 7) is 5.80. The summed E-state index contributed by atoms with van der Waals surface area (Å²) >= 11 is 0. The average Bonchev–Trinajstić information content (AvgIpc) is 3.57. The van der Waals surface area contributed by atoms with Crippen molar-refractivity contribution in [1.82, 2.24) is 4.90 Å². The van der Waals surface area contributed by atoms with Gasteiger partial charge < -0.3 is 39.2 Å². The van der Waals surface area contributed by atoms with Crippen molar-refractivity contribution < 1.29 is 43.5 Å². The van der Waals surface area contributed by atoms with E-state index in [9.17, 15) is 19.8 Å². The van der Waals surface area contributed by atoms with E-state index < -0.39 is 34.3 Å². The number of anilines is 1. The molecule has 2 aromatic carbocycles. The number of carbonyl (C=O) groups is 2. The maximum atomic E-state index is 14.5. The monoisotopic (exact) mass is 704 g/mol. The average molecular weight is 705 g/mol. The van der Waals surface area contributed by atoms with Gasteiger partial charge in [-0.1, -0.05) is 38.1 Å². The van der Waals surface area contributed by atoms with Gasteiger partial charge in [-0.15, -0.1) is 0 Å². The number of methoxy groups -OCH3 is 3. The number of benzene rings is 2. The Morgan fingerprint density at radius 2 is 1.69 bits per heavy atom. The molecule has 8 rings (SSSR count). The van der Waals surface area contributed by atoms with Crippen LogP contribution in [0.15, 0.2) is 48.5 Å². The molecule has 276 valence electrons. The van der Waals surface area contributed by atoms with E-state index in [-0.39, 0.29) is 53.4 Å². The Balaban J connectivity index is 1.17. The molecule has 2 aromatic rings. The Hall–Kier alpha value is -3.06. The van der Waals surface area contributed by atoms with E-state index in [0.717, 1.165) is 6.42 Å². The fraction of sp³-hybridized carbons (Fsp3) is 0.650. The lowest BCUT2D eigenvalue weighted by molar-refractivity contribution is -0.337. The largest absolute Gasteiger partial charge is 0.493 e. The van der Waals surface area contributed by atoms with Crippen LogP contribution in [-0.2, 0) is 18.9 Å². The van der Waals surface area contributed by atoms with Crippen LogP contribution in [0.25, 0.3) is 0 Å². The molecule has 1 aliphatic heterocycles. The van der Waals surface area contributed by atoms with E-state index in [1.807, 2.05) is 13.0 Å². The second kappa shape index (κ2) is 12.5. The van der Waals surface area contributed by atoms with Gasteiger partial charge in [-0.05, 0) is 62.9 Å². The highest BCUT2D eigenvalue weighted by molar-refractivity contribution is 6.09. The van der Waals surface area contributed by atoms with Gasteiger partial charge in [0.25, 0.3) is 5.91 Å². The fourth-order valence-corrected chi connectivity index (χ4v) is 12.6. The van der Waals surface area contributed by atoms with Crippen LogP contribution in [0.1, 0.15) is 73.1 Å². The summed E-state index contributed by atoms with van der Waals surface area (Å²) in [5.74, 6) is -1.35. The molecule has 11 heteroatoms. The zero-order valence-electron chi connectivity index (χ0n) is 30.3. The number of amides is 1. The molecule has 1 unspecified atom stereocenters. The van der Waals surface area contributed by atoms with Gasteiger partial charge in [0.05, 0.1) is 41.7 Å². The van der Waals surface area contributed by atoms with Crippen LogP contribution < -0.4 is 10.1 Å². The molecule has 5 saturated carbocycles. The lowest BCUT2D eigenvalue weighted by Crippen LogP contribution is -2.83. The first-order valence-corrected chi connectivity index (χ1v) is 18.7. The Morgan fingerprint density at radius 1 is 0.941 bits per heavy atom. The highest BCUT2D eigenvalue weighted by atomic mass is 16.6. The molecule has 5 aliphatic carbocycles. The molecule has 1 saturated heterocycles. The summed E-state index contributed by atoms with van der Waals surface area (Å²) in [4.78, 5) is 30.5. The van der Waals surface area contributed by atoms with Gasteiger partial charge in [-0.25, -0.2) is 4.79 Å². The Morgan fingerprint density at radius 3 is 2.39 bits per heavy atom. The number of fused-ring (bicyclic) bond motifs is 2. The number of likely N-dealkylation sites (tertiary alicyclic amines) is 1. The number of ether oxygens (including phenoxy) is 5. The van der Waals surface area contributed by atoms with Crippen LogP contribution in [0.2, 0.25) is 0 Å². The van der Waals surface area contributed by atoms with E-state index in [1.165, 1.54) is 0 Å². The third-order valence-electron chi connectivity index (χ3n) is 14.2. The molecule has 7 bridgehead atoms. The van der Waals surface area contributed by atoms with Crippen molar-refractivity contribution in [3.05, 3.63) is 59.7 Å². The Labute approximate surface area is 299 Å². The fourth-order valence-electron chi connectivity index (χ4n) is 12.6. The molecule has 12 atom stereocenters. The number of esters is 1. The SMILES string of the molecule is CCCOc1ccccc1C(=O)Nc1ccccc1C(=O)O[C@@]12CC[C@H](OC)[C@]34C([C@H](C[C@H]13)[C@@]1(O)C[C@H](OC)[C@H]3C[C@@H]4[C@]1(O)[C@H]3OC)N(CC)C2. The van der Waals surface area contributed by atoms with Crippen molar-refractivity contribution in [2.45, 2.75) is 93.5 Å². The second-order valence-electron chi connectivity index (χ2n) is 15.8. The molecule has 1 heterocycles. The number of hydrogen-bond donors (Lipinski definition) is 3. The second-order valence-corrected chi connectivity index (χ2v) is 15.8. The normalized spacial score (nSPS) is 41.6. The van der Waals surface area contributed by atoms with Gasteiger partial charge in [-0.2, -0.15) is 0 Å². The summed E-state index contributed by atoms with van der Waals surface area (Å²) in [5.41, 5.74) is -3.48. The van der Waals surface area contributed by atoms with Crippen LogP contribution in [0.3, 0.4) is 0 Å². The van der Waals surface area contributed by atoms with Gasteiger partial charge >= 0.3 is 5.97 Å². The van der Waals surface area contributed by atoms with Crippen molar-refractivity contribution in [2.24, 2.45) is 29.1 Å². The quantitative estimate of drug-likeness (QED) is 0.291. The first-order valence-electron chi connectivity index (χ1n) is 18.7. The summed E-state index contributed by atoms with van der Waals surface area (Å²) in [5, 5.41) is 28.9. The number of nitrogens with one attached hydrogen (secondary N) is 1. The van der Waals surface area contributed by atoms with Crippen molar-refractivity contribution in [3.63, 3.8) is 0 Å². The molecule has 1 amide bonds. The molecule has 0 aromatic heterocycles. The lowest BCUT2D eigenvalue weighted by Gasteiger charge is -2.70. The number of piperidine rings is 1. The lowest BCUT2D eigenvalue weighted by atomic mass is 9.44. The topological polar surface area (TPSA) is 136 Å². The third-order valence-corrected chi connectivity index (χ3v) is 14.2. The molecule has 11 nitrogen and oxygen atoms in total. The standard InChI is InChI=1S/C40H52N2O9/c1-6-18-50-28-15-11-9-13-24(28)35(43)41-27-14-10-8-12-23(27)36(44)51-37-17-16-32(48-4)39-30(37)20-26(33(39)42(7-2)22-37)38(45)21-29(47-3)25-19-31(39)40(38,46)34(25)49-5/h8-15,25-26,29-34,45-46H,6-7,16-22H2,1-5H3,(H,41,43)/t25-,26+,29+,30-,31+,32+,33?,34+,37-,38+,39+,40+/m1/s1. The summed E-state index contributed by atoms with van der Waals surface area (Å²) in [6.07, 6.45) is 2.50. The molecule has 6 fully saturated rings. The number of aliphatic hydroxyl groups is 2. The van der Waals surface area contributed by atoms with E-state index >= 15 is 0 Å². The van der Waals surface area contributed by atoms with Gasteiger partial charge in [0.2, 0.25) is 0 Å². The number of nitrogens with zero attached hydrogens (tertiary/aromatic N) is 1. The Bertz CT molecular complexity index is 1690. The molecule has 1 spiro atoms. The number of carbonyl (C=O) groups excluding carboxylic acids is 2. The van der Waals surface area contributed by atoms with Crippen LogP contribution >= 0.6 is 0 Å².